The molecule has 0 N–H and O–H groups in total. The number of thioether (sulfide) groups is 1. The fourth-order valence-corrected chi connectivity index (χ4v) is 1.11. The van der Waals surface area contributed by atoms with Gasteiger partial charge in [-0.2, -0.15) is 0 Å². The summed E-state index contributed by atoms with van der Waals surface area (Å²) in [4.78, 5) is 0. The zero-order chi connectivity index (χ0) is 4.99. The van der Waals surface area contributed by atoms with E-state index in [0.717, 1.165) is 9.28 Å². The molecule has 0 nitrogen and oxygen atoms in total. The Bertz CT molecular complexity index is 54.1. The van der Waals surface area contributed by atoms with E-state index in [-0.39, 0.29) is 51.4 Å². The standard InChI is InChI=1S/C3H6S3.K.H/c1-2-6-3(4)5;;/h2H2,1H3,(H,4,5);;. The topological polar surface area (TPSA) is 0 Å². The summed E-state index contributed by atoms with van der Waals surface area (Å²) in [5.41, 5.74) is 0. The predicted molar refractivity (Wildman–Crippen MR) is 46.9 cm³/mol. The molecule has 0 radical (unpaired) electrons. The molecule has 0 aliphatic rings. The average molecular weight is 178 g/mol. The minimum atomic E-state index is 0. The summed E-state index contributed by atoms with van der Waals surface area (Å²) in [7, 11) is 0. The first-order chi connectivity index (χ1) is 2.77. The van der Waals surface area contributed by atoms with Crippen LogP contribution < -0.4 is 0 Å². The van der Waals surface area contributed by atoms with Gasteiger partial charge in [0.1, 0.15) is 3.53 Å². The van der Waals surface area contributed by atoms with Gasteiger partial charge in [0.2, 0.25) is 0 Å². The Morgan fingerprint density at radius 3 is 2.29 bits per heavy atom. The van der Waals surface area contributed by atoms with Crippen LogP contribution in [0.4, 0.5) is 0 Å². The summed E-state index contributed by atoms with van der Waals surface area (Å²) in [5, 5.41) is 0. The number of hydrogen-bond acceptors (Lipinski definition) is 2. The minimum absolute atomic E-state index is 0. The van der Waals surface area contributed by atoms with Crippen LogP contribution in [0, 0.1) is 0 Å². The molecule has 7 heavy (non-hydrogen) atoms. The summed E-state index contributed by atoms with van der Waals surface area (Å²) in [6.07, 6.45) is 0. The number of thiocarbonyl (C=S) groups is 1. The Balaban J connectivity index is 0. The third-order valence-electron chi connectivity index (χ3n) is 0.268. The van der Waals surface area contributed by atoms with Crippen molar-refractivity contribution < 1.29 is 0 Å². The SMILES string of the molecule is CCSC(=S)S.[KH]. The first kappa shape index (κ1) is 12.1. The maximum absolute atomic E-state index is 4.62. The normalized spacial score (nSPS) is 7.14. The second-order valence-electron chi connectivity index (χ2n) is 0.699. The zero-order valence-electron chi connectivity index (χ0n) is 3.47. The molecule has 0 spiro atoms. The van der Waals surface area contributed by atoms with E-state index in [1.54, 1.807) is 11.8 Å². The maximum atomic E-state index is 4.62. The third kappa shape index (κ3) is 11.8. The first-order valence-electron chi connectivity index (χ1n) is 1.63. The van der Waals surface area contributed by atoms with Crippen LogP contribution in [0.1, 0.15) is 6.92 Å². The van der Waals surface area contributed by atoms with Crippen molar-refractivity contribution in [1.82, 2.24) is 0 Å². The Hall–Kier alpha value is 2.43. The molecule has 0 aliphatic heterocycles. The van der Waals surface area contributed by atoms with Crippen molar-refractivity contribution in [3.63, 3.8) is 0 Å². The van der Waals surface area contributed by atoms with E-state index in [0.29, 0.717) is 0 Å². The van der Waals surface area contributed by atoms with Crippen molar-refractivity contribution in [2.75, 3.05) is 5.75 Å². The summed E-state index contributed by atoms with van der Waals surface area (Å²) in [6.45, 7) is 2.05. The van der Waals surface area contributed by atoms with Gasteiger partial charge in [-0.15, -0.1) is 24.4 Å². The van der Waals surface area contributed by atoms with Gasteiger partial charge in [-0.1, -0.05) is 19.1 Å². The molecule has 0 fully saturated rings. The molecular formula is C3H7KS3. The summed E-state index contributed by atoms with van der Waals surface area (Å²) in [6, 6.07) is 0. The third-order valence-corrected chi connectivity index (χ3v) is 1.54. The van der Waals surface area contributed by atoms with Crippen LogP contribution in [0.3, 0.4) is 0 Å². The molecule has 0 aromatic carbocycles. The Morgan fingerprint density at radius 2 is 2.29 bits per heavy atom. The Labute approximate surface area is 102 Å². The van der Waals surface area contributed by atoms with Gasteiger partial charge in [-0.05, 0) is 5.75 Å². The molecule has 0 saturated carbocycles. The van der Waals surface area contributed by atoms with Crippen molar-refractivity contribution in [1.29, 1.82) is 0 Å². The van der Waals surface area contributed by atoms with E-state index in [2.05, 4.69) is 24.8 Å². The van der Waals surface area contributed by atoms with Crippen LogP contribution in [-0.2, 0) is 0 Å². The van der Waals surface area contributed by atoms with Crippen LogP contribution in [0.15, 0.2) is 0 Å². The quantitative estimate of drug-likeness (QED) is 0.365. The van der Waals surface area contributed by atoms with Gasteiger partial charge in [0, 0.05) is 0 Å². The van der Waals surface area contributed by atoms with Crippen molar-refractivity contribution in [3.05, 3.63) is 0 Å². The molecule has 0 amide bonds. The zero-order valence-corrected chi connectivity index (χ0v) is 6.00. The number of thiol groups is 1. The van der Waals surface area contributed by atoms with E-state index >= 15 is 0 Å². The summed E-state index contributed by atoms with van der Waals surface area (Å²) >= 11 is 10.1. The van der Waals surface area contributed by atoms with E-state index in [1.165, 1.54) is 0 Å². The van der Waals surface area contributed by atoms with Crippen LogP contribution in [0.2, 0.25) is 0 Å². The molecule has 0 rings (SSSR count). The molecule has 0 bridgehead atoms. The fourth-order valence-electron chi connectivity index (χ4n) is 0.123. The second-order valence-corrected chi connectivity index (χ2v) is 3.69. The van der Waals surface area contributed by atoms with E-state index < -0.39 is 0 Å². The number of rotatable bonds is 1. The molecule has 0 saturated heterocycles. The second kappa shape index (κ2) is 8.43. The van der Waals surface area contributed by atoms with E-state index in [9.17, 15) is 0 Å². The van der Waals surface area contributed by atoms with Gasteiger partial charge in [-0.25, -0.2) is 0 Å². The molecule has 38 valence electrons. The van der Waals surface area contributed by atoms with Crippen molar-refractivity contribution >= 4 is 91.5 Å². The van der Waals surface area contributed by atoms with E-state index in [1.807, 2.05) is 6.92 Å². The van der Waals surface area contributed by atoms with Crippen molar-refractivity contribution in [2.45, 2.75) is 6.92 Å². The number of hydrogen-bond donors (Lipinski definition) is 1. The molecule has 0 heterocycles. The van der Waals surface area contributed by atoms with Crippen molar-refractivity contribution in [2.24, 2.45) is 0 Å². The molecule has 0 aromatic rings. The molecule has 0 aromatic heterocycles. The van der Waals surface area contributed by atoms with Crippen LogP contribution in [-0.4, -0.2) is 60.7 Å². The molecule has 0 unspecified atom stereocenters. The van der Waals surface area contributed by atoms with Gasteiger partial charge in [0.25, 0.3) is 0 Å². The monoisotopic (exact) mass is 178 g/mol. The summed E-state index contributed by atoms with van der Waals surface area (Å²) < 4.78 is 0.734. The van der Waals surface area contributed by atoms with Crippen LogP contribution >= 0.6 is 36.6 Å². The average Bonchev–Trinajstić information content (AvgIpc) is 1.35. The molecular weight excluding hydrogens is 171 g/mol. The van der Waals surface area contributed by atoms with E-state index in [4.69, 9.17) is 0 Å². The predicted octanol–water partition coefficient (Wildman–Crippen LogP) is 1.31. The van der Waals surface area contributed by atoms with Crippen LogP contribution in [0.5, 0.6) is 0 Å². The summed E-state index contributed by atoms with van der Waals surface area (Å²) in [5.74, 6) is 1.03. The molecule has 4 heteroatoms. The fraction of sp³-hybridized carbons (Fsp3) is 0.667. The Morgan fingerprint density at radius 1 is 1.86 bits per heavy atom. The molecule has 0 aliphatic carbocycles. The van der Waals surface area contributed by atoms with Gasteiger partial charge in [0.05, 0.1) is 0 Å². The van der Waals surface area contributed by atoms with Gasteiger partial charge in [-0.3, -0.25) is 0 Å². The van der Waals surface area contributed by atoms with Gasteiger partial charge >= 0.3 is 51.4 Å². The van der Waals surface area contributed by atoms with Gasteiger partial charge < -0.3 is 0 Å². The van der Waals surface area contributed by atoms with Gasteiger partial charge in [0.15, 0.2) is 0 Å². The van der Waals surface area contributed by atoms with Crippen molar-refractivity contribution in [3.8, 4) is 0 Å². The first-order valence-corrected chi connectivity index (χ1v) is 3.47. The molecule has 0 atom stereocenters. The Kier molecular flexibility index (Phi) is 14.6. The van der Waals surface area contributed by atoms with Crippen LogP contribution in [0.25, 0.3) is 0 Å².